The Bertz CT molecular complexity index is 802. The minimum atomic E-state index is -1.51. The normalized spacial score (nSPS) is 11.9. The Kier molecular flexibility index (Phi) is 8.51. The number of rotatable bonds is 7. The summed E-state index contributed by atoms with van der Waals surface area (Å²) in [6.45, 7) is 10.0. The largest absolute Gasteiger partial charge is 0.497 e. The van der Waals surface area contributed by atoms with Crippen LogP contribution in [0.3, 0.4) is 0 Å². The van der Waals surface area contributed by atoms with E-state index in [1.165, 1.54) is 0 Å². The van der Waals surface area contributed by atoms with Crippen molar-refractivity contribution in [3.63, 3.8) is 0 Å². The van der Waals surface area contributed by atoms with Crippen molar-refractivity contribution in [2.45, 2.75) is 31.7 Å². The van der Waals surface area contributed by atoms with Gasteiger partial charge in [-0.15, -0.1) is 0 Å². The molecule has 0 aliphatic rings. The summed E-state index contributed by atoms with van der Waals surface area (Å²) < 4.78 is 5.26. The molecule has 6 heteroatoms. The van der Waals surface area contributed by atoms with Gasteiger partial charge in [-0.05, 0) is 41.4 Å². The van der Waals surface area contributed by atoms with Crippen LogP contribution in [-0.2, 0) is 25.9 Å². The van der Waals surface area contributed by atoms with Crippen LogP contribution in [0.25, 0.3) is 11.1 Å². The van der Waals surface area contributed by atoms with Crippen molar-refractivity contribution >= 4 is 19.8 Å². The molecule has 0 saturated carbocycles. The van der Waals surface area contributed by atoms with E-state index in [4.69, 9.17) is 4.74 Å². The van der Waals surface area contributed by atoms with Crippen LogP contribution < -0.4 is 10.1 Å². The quantitative estimate of drug-likeness (QED) is 0.414. The average Bonchev–Trinajstić information content (AvgIpc) is 2.60. The predicted molar refractivity (Wildman–Crippen MR) is 108 cm³/mol. The van der Waals surface area contributed by atoms with Crippen molar-refractivity contribution in [2.24, 2.45) is 0 Å². The minimum Gasteiger partial charge on any atom is -0.497 e. The predicted octanol–water partition coefficient (Wildman–Crippen LogP) is 4.20. The second-order valence-electron chi connectivity index (χ2n) is 7.57. The van der Waals surface area contributed by atoms with E-state index in [1.807, 2.05) is 42.5 Å². The molecule has 0 unspecified atom stereocenters. The molecule has 1 N–H and O–H groups in total. The van der Waals surface area contributed by atoms with Gasteiger partial charge in [0, 0.05) is 40.5 Å². The number of methoxy groups -OCH3 is 1. The Hall–Kier alpha value is -1.84. The molecule has 0 bridgehead atoms. The van der Waals surface area contributed by atoms with E-state index in [0.29, 0.717) is 11.6 Å². The van der Waals surface area contributed by atoms with Gasteiger partial charge in [-0.1, -0.05) is 43.9 Å². The van der Waals surface area contributed by atoms with Crippen molar-refractivity contribution in [3.05, 3.63) is 61.0 Å². The van der Waals surface area contributed by atoms with Crippen LogP contribution >= 0.6 is 0 Å². The van der Waals surface area contributed by atoms with Crippen LogP contribution in [0.5, 0.6) is 5.75 Å². The van der Waals surface area contributed by atoms with E-state index in [9.17, 15) is 9.59 Å². The summed E-state index contributed by atoms with van der Waals surface area (Å²) >= 11 is 0. The first-order valence-electron chi connectivity index (χ1n) is 8.61. The SMILES string of the molecule is [CH2-]C(=O)[C@H](C[Si](C)(C)C)NC(=O)c1cccc(-c2cccc(OC)c2)c1.[W]. The molecule has 0 aliphatic heterocycles. The van der Waals surface area contributed by atoms with Gasteiger partial charge in [0.15, 0.2) is 0 Å². The summed E-state index contributed by atoms with van der Waals surface area (Å²) in [7, 11) is 0.108. The van der Waals surface area contributed by atoms with Gasteiger partial charge in [0.25, 0.3) is 5.91 Å². The molecular weight excluding hydrogens is 526 g/mol. The number of benzene rings is 2. The molecule has 0 spiro atoms. The Morgan fingerprint density at radius 2 is 1.67 bits per heavy atom. The Morgan fingerprint density at radius 3 is 2.22 bits per heavy atom. The molecule has 2 aromatic carbocycles. The van der Waals surface area contributed by atoms with Gasteiger partial charge in [-0.3, -0.25) is 4.79 Å². The molecule has 1 amide bonds. The maximum absolute atomic E-state index is 12.7. The molecule has 0 saturated heterocycles. The molecule has 0 radical (unpaired) electrons. The maximum atomic E-state index is 12.7. The van der Waals surface area contributed by atoms with Crippen LogP contribution in [0.1, 0.15) is 10.4 Å². The third-order valence-electron chi connectivity index (χ3n) is 4.04. The van der Waals surface area contributed by atoms with Crippen molar-refractivity contribution in [3.8, 4) is 16.9 Å². The summed E-state index contributed by atoms with van der Waals surface area (Å²) in [5, 5.41) is 2.85. The van der Waals surface area contributed by atoms with Crippen molar-refractivity contribution in [1.82, 2.24) is 5.32 Å². The topological polar surface area (TPSA) is 55.4 Å². The monoisotopic (exact) mass is 552 g/mol. The Balaban J connectivity index is 0.00000364. The fourth-order valence-electron chi connectivity index (χ4n) is 2.74. The number of amides is 1. The summed E-state index contributed by atoms with van der Waals surface area (Å²) in [5.41, 5.74) is 2.40. The van der Waals surface area contributed by atoms with Gasteiger partial charge in [0.1, 0.15) is 5.75 Å². The van der Waals surface area contributed by atoms with Crippen LogP contribution in [0.15, 0.2) is 48.5 Å². The molecular formula is C21H26NO3SiW-. The van der Waals surface area contributed by atoms with Crippen molar-refractivity contribution in [1.29, 1.82) is 0 Å². The maximum Gasteiger partial charge on any atom is 0.251 e. The van der Waals surface area contributed by atoms with Gasteiger partial charge >= 0.3 is 0 Å². The van der Waals surface area contributed by atoms with Crippen LogP contribution in [-0.4, -0.2) is 32.9 Å². The van der Waals surface area contributed by atoms with Crippen LogP contribution in [0.2, 0.25) is 25.7 Å². The molecule has 2 aromatic rings. The van der Waals surface area contributed by atoms with Gasteiger partial charge in [0.2, 0.25) is 0 Å². The number of Topliss-reactive ketones (excluding diaryl/α,β-unsaturated/α-hetero) is 1. The molecule has 0 aromatic heterocycles. The zero-order chi connectivity index (χ0) is 19.3. The number of nitrogens with one attached hydrogen (secondary N) is 1. The Labute approximate surface area is 177 Å². The summed E-state index contributed by atoms with van der Waals surface area (Å²) in [5.74, 6) is 0.259. The van der Waals surface area contributed by atoms with Gasteiger partial charge in [-0.2, -0.15) is 0 Å². The molecule has 0 heterocycles. The van der Waals surface area contributed by atoms with Gasteiger partial charge in [-0.25, -0.2) is 0 Å². The van der Waals surface area contributed by atoms with Gasteiger partial charge in [0.05, 0.1) is 13.2 Å². The zero-order valence-corrected chi connectivity index (χ0v) is 20.2. The minimum absolute atomic E-state index is 0. The van der Waals surface area contributed by atoms with E-state index in [2.05, 4.69) is 31.9 Å². The van der Waals surface area contributed by atoms with E-state index in [1.54, 1.807) is 13.2 Å². The van der Waals surface area contributed by atoms with Crippen LogP contribution in [0.4, 0.5) is 0 Å². The van der Waals surface area contributed by atoms with E-state index in [-0.39, 0.29) is 32.8 Å². The third kappa shape index (κ3) is 7.00. The zero-order valence-electron chi connectivity index (χ0n) is 16.2. The number of hydrogen-bond donors (Lipinski definition) is 1. The molecule has 0 aliphatic carbocycles. The third-order valence-corrected chi connectivity index (χ3v) is 5.67. The fourth-order valence-corrected chi connectivity index (χ4v) is 4.30. The summed E-state index contributed by atoms with van der Waals surface area (Å²) in [6.07, 6.45) is 0. The van der Waals surface area contributed by atoms with Crippen LogP contribution in [0, 0.1) is 6.92 Å². The Morgan fingerprint density at radius 1 is 1.07 bits per heavy atom. The summed E-state index contributed by atoms with van der Waals surface area (Å²) in [4.78, 5) is 24.5. The number of hydrogen-bond acceptors (Lipinski definition) is 3. The first kappa shape index (κ1) is 23.2. The second-order valence-corrected chi connectivity index (χ2v) is 13.1. The van der Waals surface area contributed by atoms with E-state index < -0.39 is 14.1 Å². The summed E-state index contributed by atoms with van der Waals surface area (Å²) in [6, 6.07) is 15.2. The molecule has 0 fully saturated rings. The molecule has 2 rings (SSSR count). The molecule has 27 heavy (non-hydrogen) atoms. The number of carbonyl (C=O) groups is 2. The first-order valence-corrected chi connectivity index (χ1v) is 12.3. The fraction of sp³-hybridized carbons (Fsp3) is 0.286. The molecule has 1 atom stereocenters. The molecule has 4 nitrogen and oxygen atoms in total. The second kappa shape index (κ2) is 9.91. The van der Waals surface area contributed by atoms with Crippen molar-refractivity contribution < 1.29 is 35.4 Å². The average molecular weight is 552 g/mol. The molecule has 144 valence electrons. The number of ether oxygens (including phenoxy) is 1. The first-order chi connectivity index (χ1) is 12.2. The number of ketones is 1. The standard InChI is InChI=1S/C21H26NO3Si.W/c1-15(23)20(14-26(3,4)5)22-21(24)18-10-6-8-16(12-18)17-9-7-11-19(13-17)25-2;/h6-13,20H,1,14H2,2-5H3,(H,22,24);/q-1;/t20-;/m0./s1. The smallest absolute Gasteiger partial charge is 0.251 e. The van der Waals surface area contributed by atoms with Gasteiger partial charge < -0.3 is 21.8 Å². The van der Waals surface area contributed by atoms with E-state index >= 15 is 0 Å². The van der Waals surface area contributed by atoms with E-state index in [0.717, 1.165) is 16.9 Å². The number of carbonyl (C=O) groups excluding carboxylic acids is 2. The van der Waals surface area contributed by atoms with Crippen molar-refractivity contribution in [2.75, 3.05) is 7.11 Å².